The second-order valence-electron chi connectivity index (χ2n) is 5.23. The quantitative estimate of drug-likeness (QED) is 0.917. The number of hydrogen-bond donors (Lipinski definition) is 1. The van der Waals surface area contributed by atoms with E-state index in [0.29, 0.717) is 6.54 Å². The fraction of sp³-hybridized carbons (Fsp3) is 0.533. The van der Waals surface area contributed by atoms with Crippen molar-refractivity contribution in [3.8, 4) is 0 Å². The molecular formula is C15H19F2NOS. The van der Waals surface area contributed by atoms with Gasteiger partial charge in [-0.15, -0.1) is 0 Å². The normalized spacial score (nSPS) is 17.8. The summed E-state index contributed by atoms with van der Waals surface area (Å²) in [6, 6.07) is 3.66. The molecule has 1 aliphatic rings. The molecule has 2 nitrogen and oxygen atoms in total. The van der Waals surface area contributed by atoms with E-state index >= 15 is 0 Å². The van der Waals surface area contributed by atoms with Gasteiger partial charge in [-0.1, -0.05) is 25.3 Å². The van der Waals surface area contributed by atoms with E-state index in [1.54, 1.807) is 11.8 Å². The Kier molecular flexibility index (Phi) is 5.02. The topological polar surface area (TPSA) is 29.1 Å². The van der Waals surface area contributed by atoms with Crippen LogP contribution in [0.15, 0.2) is 18.2 Å². The van der Waals surface area contributed by atoms with E-state index in [9.17, 15) is 13.6 Å². The van der Waals surface area contributed by atoms with Gasteiger partial charge in [0.05, 0.1) is 5.56 Å². The van der Waals surface area contributed by atoms with Crippen LogP contribution in [0.4, 0.5) is 8.78 Å². The molecular weight excluding hydrogens is 280 g/mol. The van der Waals surface area contributed by atoms with Gasteiger partial charge in [-0.2, -0.15) is 11.8 Å². The number of benzene rings is 1. The standard InChI is InChI=1S/C15H19F2NOS/c1-20-15(8-3-2-4-9-15)10-18-14(19)11-6-5-7-12(16)13(11)17/h5-7H,2-4,8-10H2,1H3,(H,18,19). The highest BCUT2D eigenvalue weighted by Gasteiger charge is 2.31. The first-order valence-corrected chi connectivity index (χ1v) is 8.08. The van der Waals surface area contributed by atoms with Crippen LogP contribution >= 0.6 is 11.8 Å². The summed E-state index contributed by atoms with van der Waals surface area (Å²) in [5.41, 5.74) is -0.225. The summed E-state index contributed by atoms with van der Waals surface area (Å²) >= 11 is 1.76. The van der Waals surface area contributed by atoms with E-state index in [-0.39, 0.29) is 10.3 Å². The minimum absolute atomic E-state index is 0.0394. The molecule has 20 heavy (non-hydrogen) atoms. The van der Waals surface area contributed by atoms with Crippen LogP contribution in [0.3, 0.4) is 0 Å². The number of carbonyl (C=O) groups is 1. The Morgan fingerprint density at radius 2 is 2.00 bits per heavy atom. The van der Waals surface area contributed by atoms with Crippen molar-refractivity contribution in [1.29, 1.82) is 0 Å². The average Bonchev–Trinajstić information content (AvgIpc) is 2.48. The number of halogens is 2. The number of nitrogens with one attached hydrogen (secondary N) is 1. The van der Waals surface area contributed by atoms with Gasteiger partial charge in [0.1, 0.15) is 0 Å². The molecule has 2 rings (SSSR count). The van der Waals surface area contributed by atoms with Crippen molar-refractivity contribution >= 4 is 17.7 Å². The zero-order valence-electron chi connectivity index (χ0n) is 11.5. The number of carbonyl (C=O) groups excluding carboxylic acids is 1. The molecule has 1 N–H and O–H groups in total. The van der Waals surface area contributed by atoms with Gasteiger partial charge in [0.2, 0.25) is 0 Å². The van der Waals surface area contributed by atoms with Crippen LogP contribution in [-0.4, -0.2) is 23.5 Å². The van der Waals surface area contributed by atoms with Crippen LogP contribution in [0.5, 0.6) is 0 Å². The highest BCUT2D eigenvalue weighted by Crippen LogP contribution is 2.38. The molecule has 1 saturated carbocycles. The summed E-state index contributed by atoms with van der Waals surface area (Å²) in [4.78, 5) is 12.0. The third-order valence-corrected chi connectivity index (χ3v) is 5.38. The summed E-state index contributed by atoms with van der Waals surface area (Å²) < 4.78 is 26.7. The summed E-state index contributed by atoms with van der Waals surface area (Å²) in [6.07, 6.45) is 7.70. The molecule has 1 aliphatic carbocycles. The molecule has 0 saturated heterocycles. The Labute approximate surface area is 122 Å². The summed E-state index contributed by atoms with van der Waals surface area (Å²) in [5.74, 6) is -2.61. The van der Waals surface area contributed by atoms with Gasteiger partial charge < -0.3 is 5.32 Å². The van der Waals surface area contributed by atoms with Crippen LogP contribution in [0.25, 0.3) is 0 Å². The molecule has 0 aliphatic heterocycles. The monoisotopic (exact) mass is 299 g/mol. The van der Waals surface area contributed by atoms with Crippen molar-refractivity contribution < 1.29 is 13.6 Å². The third kappa shape index (κ3) is 3.32. The second kappa shape index (κ2) is 6.57. The van der Waals surface area contributed by atoms with Crippen molar-refractivity contribution in [2.24, 2.45) is 0 Å². The van der Waals surface area contributed by atoms with Gasteiger partial charge in [0.25, 0.3) is 5.91 Å². The van der Waals surface area contributed by atoms with Crippen molar-refractivity contribution in [2.75, 3.05) is 12.8 Å². The molecule has 1 fully saturated rings. The molecule has 0 spiro atoms. The molecule has 110 valence electrons. The van der Waals surface area contributed by atoms with Crippen molar-refractivity contribution in [1.82, 2.24) is 5.32 Å². The Morgan fingerprint density at radius 3 is 2.65 bits per heavy atom. The Morgan fingerprint density at radius 1 is 1.30 bits per heavy atom. The summed E-state index contributed by atoms with van der Waals surface area (Å²) in [5, 5.41) is 2.76. The minimum atomic E-state index is -1.08. The van der Waals surface area contributed by atoms with Crippen molar-refractivity contribution in [3.05, 3.63) is 35.4 Å². The first-order valence-electron chi connectivity index (χ1n) is 6.85. The van der Waals surface area contributed by atoms with Gasteiger partial charge in [-0.05, 0) is 31.2 Å². The molecule has 0 unspecified atom stereocenters. The lowest BCUT2D eigenvalue weighted by Gasteiger charge is -2.35. The largest absolute Gasteiger partial charge is 0.351 e. The first kappa shape index (κ1) is 15.3. The molecule has 1 aromatic rings. The van der Waals surface area contributed by atoms with E-state index in [1.807, 2.05) is 6.26 Å². The van der Waals surface area contributed by atoms with Crippen molar-refractivity contribution in [3.63, 3.8) is 0 Å². The van der Waals surface area contributed by atoms with Gasteiger partial charge in [-0.3, -0.25) is 4.79 Å². The van der Waals surface area contributed by atoms with E-state index in [2.05, 4.69) is 5.32 Å². The van der Waals surface area contributed by atoms with Gasteiger partial charge >= 0.3 is 0 Å². The third-order valence-electron chi connectivity index (χ3n) is 3.97. The minimum Gasteiger partial charge on any atom is -0.351 e. The van der Waals surface area contributed by atoms with E-state index in [1.165, 1.54) is 18.6 Å². The molecule has 1 amide bonds. The Hall–Kier alpha value is -1.10. The van der Waals surface area contributed by atoms with E-state index < -0.39 is 17.5 Å². The molecule has 0 aromatic heterocycles. The first-order chi connectivity index (χ1) is 9.58. The molecule has 5 heteroatoms. The Bertz CT molecular complexity index is 487. The molecule has 1 aromatic carbocycles. The van der Waals surface area contributed by atoms with Crippen LogP contribution in [0.2, 0.25) is 0 Å². The highest BCUT2D eigenvalue weighted by atomic mass is 32.2. The predicted molar refractivity (Wildman–Crippen MR) is 78.0 cm³/mol. The van der Waals surface area contributed by atoms with Crippen LogP contribution in [0.1, 0.15) is 42.5 Å². The zero-order valence-corrected chi connectivity index (χ0v) is 12.4. The zero-order chi connectivity index (χ0) is 14.6. The summed E-state index contributed by atoms with van der Waals surface area (Å²) in [7, 11) is 0. The predicted octanol–water partition coefficient (Wildman–Crippen LogP) is 3.76. The number of amides is 1. The van der Waals surface area contributed by atoms with E-state index in [0.717, 1.165) is 31.7 Å². The maximum atomic E-state index is 13.6. The average molecular weight is 299 g/mol. The molecule has 0 radical (unpaired) electrons. The number of hydrogen-bond acceptors (Lipinski definition) is 2. The fourth-order valence-corrected chi connectivity index (χ4v) is 3.58. The number of rotatable bonds is 4. The maximum absolute atomic E-state index is 13.6. The van der Waals surface area contributed by atoms with Gasteiger partial charge in [0, 0.05) is 11.3 Å². The fourth-order valence-electron chi connectivity index (χ4n) is 2.66. The van der Waals surface area contributed by atoms with Crippen LogP contribution in [0, 0.1) is 11.6 Å². The summed E-state index contributed by atoms with van der Waals surface area (Å²) in [6.45, 7) is 0.503. The van der Waals surface area contributed by atoms with Crippen LogP contribution < -0.4 is 5.32 Å². The number of thioether (sulfide) groups is 1. The van der Waals surface area contributed by atoms with E-state index in [4.69, 9.17) is 0 Å². The smallest absolute Gasteiger partial charge is 0.254 e. The maximum Gasteiger partial charge on any atom is 0.254 e. The Balaban J connectivity index is 2.02. The van der Waals surface area contributed by atoms with Gasteiger partial charge in [0.15, 0.2) is 11.6 Å². The molecule has 0 heterocycles. The lowest BCUT2D eigenvalue weighted by molar-refractivity contribution is 0.0942. The lowest BCUT2D eigenvalue weighted by atomic mass is 9.88. The van der Waals surface area contributed by atoms with Gasteiger partial charge in [-0.25, -0.2) is 8.78 Å². The second-order valence-corrected chi connectivity index (χ2v) is 6.51. The van der Waals surface area contributed by atoms with Crippen LogP contribution in [-0.2, 0) is 0 Å². The van der Waals surface area contributed by atoms with Crippen molar-refractivity contribution in [2.45, 2.75) is 36.9 Å². The lowest BCUT2D eigenvalue weighted by Crippen LogP contribution is -2.42. The SMILES string of the molecule is CSC1(CNC(=O)c2cccc(F)c2F)CCCCC1. The molecule has 0 atom stereocenters. The highest BCUT2D eigenvalue weighted by molar-refractivity contribution is 8.00. The molecule has 0 bridgehead atoms.